The Balaban J connectivity index is 2.02. The van der Waals surface area contributed by atoms with Gasteiger partial charge in [-0.25, -0.2) is 4.79 Å². The molecule has 1 aromatic carbocycles. The van der Waals surface area contributed by atoms with Crippen LogP contribution in [0.25, 0.3) is 0 Å². The first-order chi connectivity index (χ1) is 8.16. The summed E-state index contributed by atoms with van der Waals surface area (Å²) in [6.07, 6.45) is 0. The fourth-order valence-corrected chi connectivity index (χ4v) is 2.33. The van der Waals surface area contributed by atoms with Crippen molar-refractivity contribution in [3.05, 3.63) is 51.7 Å². The average Bonchev–Trinajstić information content (AvgIpc) is 2.77. The maximum absolute atomic E-state index is 10.7. The molecule has 0 radical (unpaired) electrons. The third kappa shape index (κ3) is 2.85. The molecular formula is C13H13NO2S. The van der Waals surface area contributed by atoms with Crippen LogP contribution in [0.2, 0.25) is 0 Å². The maximum atomic E-state index is 10.7. The van der Waals surface area contributed by atoms with Crippen molar-refractivity contribution in [1.29, 1.82) is 0 Å². The summed E-state index contributed by atoms with van der Waals surface area (Å²) in [5.74, 6) is -0.864. The number of aromatic carboxylic acids is 1. The average molecular weight is 247 g/mol. The zero-order chi connectivity index (χ0) is 12.3. The highest BCUT2D eigenvalue weighted by Gasteiger charge is 2.06. The van der Waals surface area contributed by atoms with Crippen molar-refractivity contribution >= 4 is 23.0 Å². The largest absolute Gasteiger partial charge is 0.477 e. The van der Waals surface area contributed by atoms with E-state index in [-0.39, 0.29) is 0 Å². The minimum Gasteiger partial charge on any atom is -0.477 e. The number of aryl methyl sites for hydroxylation is 1. The van der Waals surface area contributed by atoms with E-state index in [1.165, 1.54) is 16.9 Å². The summed E-state index contributed by atoms with van der Waals surface area (Å²) < 4.78 is 0. The van der Waals surface area contributed by atoms with Gasteiger partial charge in [0.1, 0.15) is 4.88 Å². The SMILES string of the molecule is Cc1ccccc1NCc1ccc(C(=O)O)s1. The lowest BCUT2D eigenvalue weighted by Crippen LogP contribution is -1.98. The highest BCUT2D eigenvalue weighted by molar-refractivity contribution is 7.13. The summed E-state index contributed by atoms with van der Waals surface area (Å²) >= 11 is 1.30. The van der Waals surface area contributed by atoms with Crippen molar-refractivity contribution in [2.24, 2.45) is 0 Å². The predicted octanol–water partition coefficient (Wildman–Crippen LogP) is 3.37. The van der Waals surface area contributed by atoms with Crippen LogP contribution in [-0.2, 0) is 6.54 Å². The molecule has 2 rings (SSSR count). The Morgan fingerprint density at radius 3 is 2.71 bits per heavy atom. The van der Waals surface area contributed by atoms with E-state index in [0.717, 1.165) is 10.6 Å². The third-order valence-corrected chi connectivity index (χ3v) is 3.54. The Bertz CT molecular complexity index is 534. The van der Waals surface area contributed by atoms with Crippen LogP contribution in [0, 0.1) is 6.92 Å². The first-order valence-electron chi connectivity index (χ1n) is 5.28. The van der Waals surface area contributed by atoms with Crippen molar-refractivity contribution in [1.82, 2.24) is 0 Å². The molecule has 0 amide bonds. The molecule has 0 spiro atoms. The van der Waals surface area contributed by atoms with E-state index in [9.17, 15) is 4.79 Å². The van der Waals surface area contributed by atoms with Crippen LogP contribution in [0.5, 0.6) is 0 Å². The van der Waals surface area contributed by atoms with Gasteiger partial charge >= 0.3 is 5.97 Å². The number of rotatable bonds is 4. The van der Waals surface area contributed by atoms with Crippen LogP contribution in [0.15, 0.2) is 36.4 Å². The van der Waals surface area contributed by atoms with Gasteiger partial charge in [-0.15, -0.1) is 11.3 Å². The number of hydrogen-bond acceptors (Lipinski definition) is 3. The zero-order valence-electron chi connectivity index (χ0n) is 9.43. The zero-order valence-corrected chi connectivity index (χ0v) is 10.3. The van der Waals surface area contributed by atoms with E-state index in [1.54, 1.807) is 6.07 Å². The smallest absolute Gasteiger partial charge is 0.345 e. The molecule has 1 heterocycles. The lowest BCUT2D eigenvalue weighted by Gasteiger charge is -2.07. The van der Waals surface area contributed by atoms with Gasteiger partial charge < -0.3 is 10.4 Å². The lowest BCUT2D eigenvalue weighted by atomic mass is 10.2. The van der Waals surface area contributed by atoms with Gasteiger partial charge in [-0.3, -0.25) is 0 Å². The monoisotopic (exact) mass is 247 g/mol. The molecule has 3 nitrogen and oxygen atoms in total. The Morgan fingerprint density at radius 1 is 1.29 bits per heavy atom. The second kappa shape index (κ2) is 5.01. The number of nitrogens with one attached hydrogen (secondary N) is 1. The second-order valence-electron chi connectivity index (χ2n) is 3.74. The number of benzene rings is 1. The van der Waals surface area contributed by atoms with Crippen LogP contribution >= 0.6 is 11.3 Å². The van der Waals surface area contributed by atoms with E-state index in [1.807, 2.05) is 37.3 Å². The van der Waals surface area contributed by atoms with Gasteiger partial charge in [0.25, 0.3) is 0 Å². The minimum absolute atomic E-state index is 0.381. The Labute approximate surface area is 104 Å². The molecule has 17 heavy (non-hydrogen) atoms. The summed E-state index contributed by atoms with van der Waals surface area (Å²) in [6.45, 7) is 2.70. The van der Waals surface area contributed by atoms with Gasteiger partial charge in [0.05, 0.1) is 0 Å². The van der Waals surface area contributed by atoms with E-state index < -0.39 is 5.97 Å². The van der Waals surface area contributed by atoms with Gasteiger partial charge in [0.2, 0.25) is 0 Å². The number of carbonyl (C=O) groups is 1. The molecule has 0 aliphatic heterocycles. The fraction of sp³-hybridized carbons (Fsp3) is 0.154. The van der Waals surface area contributed by atoms with Crippen LogP contribution in [0.4, 0.5) is 5.69 Å². The first kappa shape index (κ1) is 11.7. The van der Waals surface area contributed by atoms with Gasteiger partial charge in [-0.1, -0.05) is 18.2 Å². The predicted molar refractivity (Wildman–Crippen MR) is 69.8 cm³/mol. The molecule has 2 aromatic rings. The number of carboxylic acid groups (broad SMARTS) is 1. The van der Waals surface area contributed by atoms with Crippen LogP contribution in [0.1, 0.15) is 20.1 Å². The van der Waals surface area contributed by atoms with E-state index in [0.29, 0.717) is 11.4 Å². The summed E-state index contributed by atoms with van der Waals surface area (Å²) in [5, 5.41) is 12.1. The molecular weight excluding hydrogens is 234 g/mol. The third-order valence-electron chi connectivity index (χ3n) is 2.47. The van der Waals surface area contributed by atoms with Crippen molar-refractivity contribution in [3.8, 4) is 0 Å². The summed E-state index contributed by atoms with van der Waals surface area (Å²) in [5.41, 5.74) is 2.26. The quantitative estimate of drug-likeness (QED) is 0.871. The summed E-state index contributed by atoms with van der Waals surface area (Å²) in [7, 11) is 0. The van der Waals surface area contributed by atoms with Crippen molar-refractivity contribution in [3.63, 3.8) is 0 Å². The standard InChI is InChI=1S/C13H13NO2S/c1-9-4-2-3-5-11(9)14-8-10-6-7-12(17-10)13(15)16/h2-7,14H,8H2,1H3,(H,15,16). The number of anilines is 1. The van der Waals surface area contributed by atoms with Gasteiger partial charge in [-0.05, 0) is 30.7 Å². The Morgan fingerprint density at radius 2 is 2.06 bits per heavy atom. The first-order valence-corrected chi connectivity index (χ1v) is 6.10. The maximum Gasteiger partial charge on any atom is 0.345 e. The molecule has 88 valence electrons. The van der Waals surface area contributed by atoms with Gasteiger partial charge in [0.15, 0.2) is 0 Å². The summed E-state index contributed by atoms with van der Waals surface area (Å²) in [6, 6.07) is 11.5. The number of hydrogen-bond donors (Lipinski definition) is 2. The highest BCUT2D eigenvalue weighted by atomic mass is 32.1. The molecule has 0 bridgehead atoms. The van der Waals surface area contributed by atoms with Crippen molar-refractivity contribution < 1.29 is 9.90 Å². The van der Waals surface area contributed by atoms with Gasteiger partial charge in [0, 0.05) is 17.1 Å². The van der Waals surface area contributed by atoms with E-state index in [4.69, 9.17) is 5.11 Å². The molecule has 4 heteroatoms. The molecule has 0 aliphatic rings. The van der Waals surface area contributed by atoms with Crippen LogP contribution in [0.3, 0.4) is 0 Å². The molecule has 0 fully saturated rings. The number of thiophene rings is 1. The van der Waals surface area contributed by atoms with Crippen LogP contribution in [-0.4, -0.2) is 11.1 Å². The van der Waals surface area contributed by atoms with E-state index >= 15 is 0 Å². The number of carboxylic acids is 1. The molecule has 0 saturated carbocycles. The molecule has 0 atom stereocenters. The molecule has 0 aliphatic carbocycles. The molecule has 0 unspecified atom stereocenters. The normalized spacial score (nSPS) is 10.2. The molecule has 1 aromatic heterocycles. The second-order valence-corrected chi connectivity index (χ2v) is 4.91. The molecule has 2 N–H and O–H groups in total. The topological polar surface area (TPSA) is 49.3 Å². The van der Waals surface area contributed by atoms with Crippen LogP contribution < -0.4 is 5.32 Å². The minimum atomic E-state index is -0.864. The Hall–Kier alpha value is -1.81. The fourth-order valence-electron chi connectivity index (χ4n) is 1.54. The number of para-hydroxylation sites is 1. The van der Waals surface area contributed by atoms with Crippen molar-refractivity contribution in [2.45, 2.75) is 13.5 Å². The van der Waals surface area contributed by atoms with Gasteiger partial charge in [-0.2, -0.15) is 0 Å². The summed E-state index contributed by atoms with van der Waals surface area (Å²) in [4.78, 5) is 12.1. The molecule has 0 saturated heterocycles. The lowest BCUT2D eigenvalue weighted by molar-refractivity contribution is 0.0702. The Kier molecular flexibility index (Phi) is 3.44. The highest BCUT2D eigenvalue weighted by Crippen LogP contribution is 2.19. The van der Waals surface area contributed by atoms with E-state index in [2.05, 4.69) is 5.32 Å². The van der Waals surface area contributed by atoms with Crippen molar-refractivity contribution in [2.75, 3.05) is 5.32 Å².